The first-order chi connectivity index (χ1) is 11.6. The van der Waals surface area contributed by atoms with Crippen molar-refractivity contribution >= 4 is 27.9 Å². The quantitative estimate of drug-likeness (QED) is 0.697. The Kier molecular flexibility index (Phi) is 5.18. The number of thiophene rings is 1. The van der Waals surface area contributed by atoms with Crippen molar-refractivity contribution in [3.8, 4) is 11.3 Å². The largest absolute Gasteiger partial charge is 0.373 e. The second-order valence-corrected chi connectivity index (χ2v) is 7.20. The number of nitrogens with zero attached hydrogens (tertiary/aromatic N) is 2. The van der Waals surface area contributed by atoms with Gasteiger partial charge in [-0.2, -0.15) is 5.10 Å². The molecule has 0 radical (unpaired) electrons. The van der Waals surface area contributed by atoms with E-state index in [1.165, 1.54) is 23.5 Å². The molecule has 0 aliphatic carbocycles. The molecule has 0 aliphatic rings. The molecule has 0 unspecified atom stereocenters. The van der Waals surface area contributed by atoms with Crippen LogP contribution in [-0.4, -0.2) is 22.4 Å². The van der Waals surface area contributed by atoms with Crippen molar-refractivity contribution in [2.24, 2.45) is 12.8 Å². The Morgan fingerprint density at radius 1 is 1.33 bits per heavy atom. The van der Waals surface area contributed by atoms with Gasteiger partial charge in [-0.1, -0.05) is 23.7 Å². The summed E-state index contributed by atoms with van der Waals surface area (Å²) in [5, 5.41) is 8.55. The van der Waals surface area contributed by atoms with E-state index in [4.69, 9.17) is 17.3 Å². The minimum absolute atomic E-state index is 0.0459. The maximum Gasteiger partial charge on any atom is 0.123 e. The average molecular weight is 365 g/mol. The van der Waals surface area contributed by atoms with Gasteiger partial charge >= 0.3 is 0 Å². The van der Waals surface area contributed by atoms with Gasteiger partial charge in [-0.15, -0.1) is 11.3 Å². The van der Waals surface area contributed by atoms with Crippen molar-refractivity contribution < 1.29 is 4.39 Å². The zero-order valence-electron chi connectivity index (χ0n) is 13.2. The van der Waals surface area contributed by atoms with E-state index in [1.807, 2.05) is 19.2 Å². The molecule has 3 N–H and O–H groups in total. The summed E-state index contributed by atoms with van der Waals surface area (Å²) in [5.41, 5.74) is 8.83. The predicted molar refractivity (Wildman–Crippen MR) is 98.1 cm³/mol. The van der Waals surface area contributed by atoms with Crippen molar-refractivity contribution in [3.05, 3.63) is 58.3 Å². The van der Waals surface area contributed by atoms with Crippen LogP contribution in [0.1, 0.15) is 5.56 Å². The smallest absolute Gasteiger partial charge is 0.123 e. The van der Waals surface area contributed by atoms with Gasteiger partial charge in [0.15, 0.2) is 0 Å². The van der Waals surface area contributed by atoms with E-state index in [9.17, 15) is 4.39 Å². The highest BCUT2D eigenvalue weighted by atomic mass is 35.5. The number of halogens is 2. The molecule has 3 aromatic rings. The first kappa shape index (κ1) is 17.0. The van der Waals surface area contributed by atoms with Crippen molar-refractivity contribution in [1.29, 1.82) is 0 Å². The second-order valence-electron chi connectivity index (χ2n) is 5.55. The lowest BCUT2D eigenvalue weighted by molar-refractivity contribution is 0.626. The minimum atomic E-state index is -0.234. The van der Waals surface area contributed by atoms with E-state index in [0.29, 0.717) is 17.3 Å². The third-order valence-corrected chi connectivity index (χ3v) is 5.10. The molecule has 2 aromatic heterocycles. The monoisotopic (exact) mass is 364 g/mol. The van der Waals surface area contributed by atoms with Crippen molar-refractivity contribution in [1.82, 2.24) is 9.78 Å². The topological polar surface area (TPSA) is 55.9 Å². The van der Waals surface area contributed by atoms with Gasteiger partial charge in [0.25, 0.3) is 0 Å². The summed E-state index contributed by atoms with van der Waals surface area (Å²) >= 11 is 7.85. The third-order valence-electron chi connectivity index (χ3n) is 3.81. The van der Waals surface area contributed by atoms with Crippen LogP contribution in [0.25, 0.3) is 11.3 Å². The average Bonchev–Trinajstić information content (AvgIpc) is 3.14. The van der Waals surface area contributed by atoms with Gasteiger partial charge in [-0.25, -0.2) is 4.39 Å². The Labute approximate surface area is 149 Å². The van der Waals surface area contributed by atoms with Gasteiger partial charge < -0.3 is 11.1 Å². The number of anilines is 1. The Balaban J connectivity index is 1.74. The number of hydrogen-bond acceptors (Lipinski definition) is 4. The van der Waals surface area contributed by atoms with E-state index in [2.05, 4.69) is 10.4 Å². The molecule has 3 rings (SSSR count). The molecular weight excluding hydrogens is 347 g/mol. The fourth-order valence-electron chi connectivity index (χ4n) is 2.55. The van der Waals surface area contributed by atoms with Crippen molar-refractivity contribution in [2.45, 2.75) is 12.5 Å². The molecule has 2 heterocycles. The molecule has 1 aromatic carbocycles. The fourth-order valence-corrected chi connectivity index (χ4v) is 3.82. The number of aryl methyl sites for hydroxylation is 1. The highest BCUT2D eigenvalue weighted by Crippen LogP contribution is 2.38. The summed E-state index contributed by atoms with van der Waals surface area (Å²) in [6.07, 6.45) is 2.46. The van der Waals surface area contributed by atoms with Crippen LogP contribution in [0.5, 0.6) is 0 Å². The summed E-state index contributed by atoms with van der Waals surface area (Å²) in [6, 6.07) is 10.5. The van der Waals surface area contributed by atoms with Crippen LogP contribution in [0.3, 0.4) is 0 Å². The summed E-state index contributed by atoms with van der Waals surface area (Å²) in [4.78, 5) is 0. The van der Waals surface area contributed by atoms with Crippen LogP contribution in [0.15, 0.2) is 42.6 Å². The molecule has 7 heteroatoms. The normalized spacial score (nSPS) is 12.3. The highest BCUT2D eigenvalue weighted by molar-refractivity contribution is 7.20. The second kappa shape index (κ2) is 7.34. The summed E-state index contributed by atoms with van der Waals surface area (Å²) < 4.78 is 15.5. The van der Waals surface area contributed by atoms with E-state index < -0.39 is 0 Å². The molecule has 0 amide bonds. The maximum atomic E-state index is 13.0. The first-order valence-corrected chi connectivity index (χ1v) is 8.75. The number of rotatable bonds is 6. The number of benzene rings is 1. The van der Waals surface area contributed by atoms with Crippen LogP contribution in [-0.2, 0) is 13.5 Å². The lowest BCUT2D eigenvalue weighted by Crippen LogP contribution is -2.30. The number of nitrogens with two attached hydrogens (primary N) is 1. The third kappa shape index (κ3) is 3.77. The molecule has 0 saturated carbocycles. The number of hydrogen-bond donors (Lipinski definition) is 2. The number of aromatic nitrogens is 2. The number of nitrogens with one attached hydrogen (secondary N) is 1. The van der Waals surface area contributed by atoms with E-state index in [1.54, 1.807) is 23.0 Å². The van der Waals surface area contributed by atoms with Gasteiger partial charge in [0.2, 0.25) is 0 Å². The Bertz CT molecular complexity index is 812. The van der Waals surface area contributed by atoms with E-state index in [-0.39, 0.29) is 11.9 Å². The van der Waals surface area contributed by atoms with Gasteiger partial charge in [0.1, 0.15) is 10.2 Å². The lowest BCUT2D eigenvalue weighted by Gasteiger charge is -2.16. The van der Waals surface area contributed by atoms with Crippen molar-refractivity contribution in [3.63, 3.8) is 0 Å². The molecule has 0 spiro atoms. The molecule has 24 heavy (non-hydrogen) atoms. The van der Waals surface area contributed by atoms with Gasteiger partial charge in [-0.05, 0) is 36.2 Å². The molecule has 0 fully saturated rings. The van der Waals surface area contributed by atoms with Crippen LogP contribution in [0.4, 0.5) is 9.39 Å². The molecule has 0 saturated heterocycles. The predicted octanol–water partition coefficient (Wildman–Crippen LogP) is 3.92. The van der Waals surface area contributed by atoms with Crippen LogP contribution in [0, 0.1) is 5.82 Å². The molecule has 0 aliphatic heterocycles. The van der Waals surface area contributed by atoms with Gasteiger partial charge in [-0.3, -0.25) is 4.68 Å². The zero-order valence-corrected chi connectivity index (χ0v) is 14.7. The molecule has 126 valence electrons. The molecular formula is C17H18ClFN4S. The van der Waals surface area contributed by atoms with Crippen LogP contribution >= 0.6 is 22.9 Å². The van der Waals surface area contributed by atoms with Crippen LogP contribution in [0.2, 0.25) is 4.34 Å². The molecule has 1 atom stereocenters. The summed E-state index contributed by atoms with van der Waals surface area (Å²) in [5.74, 6) is -0.234. The SMILES string of the molecule is Cn1nccc1-c1cc(N[C@H](CN)Cc2ccc(F)cc2)sc1Cl. The Morgan fingerprint density at radius 3 is 2.71 bits per heavy atom. The highest BCUT2D eigenvalue weighted by Gasteiger charge is 2.15. The van der Waals surface area contributed by atoms with Crippen molar-refractivity contribution in [2.75, 3.05) is 11.9 Å². The van der Waals surface area contributed by atoms with Gasteiger partial charge in [0.05, 0.1) is 10.7 Å². The molecule has 4 nitrogen and oxygen atoms in total. The van der Waals surface area contributed by atoms with E-state index >= 15 is 0 Å². The Morgan fingerprint density at radius 2 is 2.08 bits per heavy atom. The lowest BCUT2D eigenvalue weighted by atomic mass is 10.1. The van der Waals surface area contributed by atoms with E-state index in [0.717, 1.165) is 21.8 Å². The molecule has 0 bridgehead atoms. The zero-order chi connectivity index (χ0) is 17.1. The standard InChI is InChI=1S/C17H18ClFN4S/c1-23-15(6-7-21-23)14-9-16(24-17(14)18)22-13(10-20)8-11-2-4-12(19)5-3-11/h2-7,9,13,22H,8,10,20H2,1H3/t13-/m0/s1. The summed E-state index contributed by atoms with van der Waals surface area (Å²) in [6.45, 7) is 0.466. The fraction of sp³-hybridized carbons (Fsp3) is 0.235. The first-order valence-electron chi connectivity index (χ1n) is 7.55. The Hall–Kier alpha value is -1.89. The van der Waals surface area contributed by atoms with Gasteiger partial charge in [0, 0.05) is 31.4 Å². The maximum absolute atomic E-state index is 13.0. The van der Waals surface area contributed by atoms with Crippen LogP contribution < -0.4 is 11.1 Å². The minimum Gasteiger partial charge on any atom is -0.373 e. The summed E-state index contributed by atoms with van der Waals surface area (Å²) in [7, 11) is 1.88.